The van der Waals surface area contributed by atoms with E-state index in [1.54, 1.807) is 0 Å². The average Bonchev–Trinajstić information content (AvgIpc) is 2.42. The van der Waals surface area contributed by atoms with Gasteiger partial charge in [-0.15, -0.1) is 0 Å². The van der Waals surface area contributed by atoms with Crippen molar-refractivity contribution in [2.24, 2.45) is 5.92 Å². The maximum atomic E-state index is 11.9. The fraction of sp³-hybridized carbons (Fsp3) is 0.412. The van der Waals surface area contributed by atoms with Crippen molar-refractivity contribution >= 4 is 11.8 Å². The molecule has 0 spiro atoms. The van der Waals surface area contributed by atoms with Crippen LogP contribution in [0.2, 0.25) is 0 Å². The maximum absolute atomic E-state index is 11.9. The zero-order valence-electron chi connectivity index (χ0n) is 12.2. The molecular formula is C17H22O3. The minimum absolute atomic E-state index is 0.0309. The smallest absolute Gasteiger partial charge is 0.306 e. The molecule has 0 N–H and O–H groups in total. The number of carbonyl (C=O) groups is 2. The summed E-state index contributed by atoms with van der Waals surface area (Å²) in [5.74, 6) is 0.197. The van der Waals surface area contributed by atoms with E-state index in [-0.39, 0.29) is 31.2 Å². The molecule has 3 nitrogen and oxygen atoms in total. The number of carbonyl (C=O) groups excluding carboxylic acids is 2. The number of Topliss-reactive ketones (excluding diaryl/α,β-unsaturated/α-hetero) is 1. The van der Waals surface area contributed by atoms with Gasteiger partial charge < -0.3 is 4.74 Å². The SMILES string of the molecule is C=CCOC(=O)CCC(=O)c1ccc(CC(C)C)cc1. The molecule has 0 heterocycles. The van der Waals surface area contributed by atoms with Crippen molar-refractivity contribution < 1.29 is 14.3 Å². The highest BCUT2D eigenvalue weighted by atomic mass is 16.5. The Labute approximate surface area is 120 Å². The van der Waals surface area contributed by atoms with E-state index in [2.05, 4.69) is 20.4 Å². The molecule has 20 heavy (non-hydrogen) atoms. The first kappa shape index (κ1) is 16.2. The quantitative estimate of drug-likeness (QED) is 0.413. The third-order valence-corrected chi connectivity index (χ3v) is 2.84. The first-order valence-electron chi connectivity index (χ1n) is 6.91. The van der Waals surface area contributed by atoms with Gasteiger partial charge in [-0.05, 0) is 17.9 Å². The molecule has 0 fully saturated rings. The molecule has 0 atom stereocenters. The molecule has 1 aromatic carbocycles. The highest BCUT2D eigenvalue weighted by Gasteiger charge is 2.10. The Morgan fingerprint density at radius 1 is 1.20 bits per heavy atom. The van der Waals surface area contributed by atoms with Crippen LogP contribution in [0, 0.1) is 5.92 Å². The van der Waals surface area contributed by atoms with Gasteiger partial charge in [0.15, 0.2) is 5.78 Å². The molecule has 0 aliphatic carbocycles. The third-order valence-electron chi connectivity index (χ3n) is 2.84. The lowest BCUT2D eigenvalue weighted by atomic mass is 9.99. The molecule has 0 unspecified atom stereocenters. The number of esters is 1. The van der Waals surface area contributed by atoms with Crippen molar-refractivity contribution in [3.8, 4) is 0 Å². The molecule has 1 rings (SSSR count). The van der Waals surface area contributed by atoms with Gasteiger partial charge in [0.1, 0.15) is 6.61 Å². The molecule has 0 amide bonds. The molecule has 0 radical (unpaired) electrons. The van der Waals surface area contributed by atoms with Crippen molar-refractivity contribution in [3.05, 3.63) is 48.0 Å². The van der Waals surface area contributed by atoms with Crippen LogP contribution in [0.15, 0.2) is 36.9 Å². The summed E-state index contributed by atoms with van der Waals surface area (Å²) >= 11 is 0. The van der Waals surface area contributed by atoms with Crippen molar-refractivity contribution in [1.82, 2.24) is 0 Å². The lowest BCUT2D eigenvalue weighted by Gasteiger charge is -2.06. The van der Waals surface area contributed by atoms with E-state index >= 15 is 0 Å². The molecule has 1 aromatic rings. The molecular weight excluding hydrogens is 252 g/mol. The zero-order chi connectivity index (χ0) is 15.0. The Morgan fingerprint density at radius 2 is 1.85 bits per heavy atom. The summed E-state index contributed by atoms with van der Waals surface area (Å²) in [6.07, 6.45) is 2.80. The van der Waals surface area contributed by atoms with Gasteiger partial charge in [-0.1, -0.05) is 50.8 Å². The topological polar surface area (TPSA) is 43.4 Å². The van der Waals surface area contributed by atoms with Crippen LogP contribution in [0.1, 0.15) is 42.6 Å². The van der Waals surface area contributed by atoms with Crippen LogP contribution < -0.4 is 0 Å². The van der Waals surface area contributed by atoms with E-state index in [0.717, 1.165) is 6.42 Å². The summed E-state index contributed by atoms with van der Waals surface area (Å²) in [7, 11) is 0. The summed E-state index contributed by atoms with van der Waals surface area (Å²) in [6, 6.07) is 7.61. The predicted molar refractivity (Wildman–Crippen MR) is 79.7 cm³/mol. The van der Waals surface area contributed by atoms with Gasteiger partial charge in [0, 0.05) is 12.0 Å². The van der Waals surface area contributed by atoms with Gasteiger partial charge >= 0.3 is 5.97 Å². The van der Waals surface area contributed by atoms with E-state index in [1.807, 2.05) is 24.3 Å². The fourth-order valence-corrected chi connectivity index (χ4v) is 1.88. The first-order chi connectivity index (χ1) is 9.52. The second-order valence-electron chi connectivity index (χ2n) is 5.19. The maximum Gasteiger partial charge on any atom is 0.306 e. The first-order valence-corrected chi connectivity index (χ1v) is 6.91. The van der Waals surface area contributed by atoms with Gasteiger partial charge in [0.25, 0.3) is 0 Å². The molecule has 0 bridgehead atoms. The molecule has 0 aliphatic rings. The van der Waals surface area contributed by atoms with Crippen LogP contribution in [-0.2, 0) is 16.0 Å². The summed E-state index contributed by atoms with van der Waals surface area (Å²) in [4.78, 5) is 23.2. The Balaban J connectivity index is 2.47. The number of benzene rings is 1. The summed E-state index contributed by atoms with van der Waals surface area (Å²) in [6.45, 7) is 7.97. The molecule has 3 heteroatoms. The highest BCUT2D eigenvalue weighted by molar-refractivity contribution is 5.97. The van der Waals surface area contributed by atoms with Crippen molar-refractivity contribution in [3.63, 3.8) is 0 Å². The normalized spacial score (nSPS) is 10.3. The van der Waals surface area contributed by atoms with Gasteiger partial charge in [-0.25, -0.2) is 0 Å². The summed E-state index contributed by atoms with van der Waals surface area (Å²) in [5.41, 5.74) is 1.87. The van der Waals surface area contributed by atoms with Crippen LogP contribution >= 0.6 is 0 Å². The summed E-state index contributed by atoms with van der Waals surface area (Å²) < 4.78 is 4.83. The monoisotopic (exact) mass is 274 g/mol. The van der Waals surface area contributed by atoms with E-state index in [1.165, 1.54) is 11.6 Å². The van der Waals surface area contributed by atoms with Gasteiger partial charge in [0.2, 0.25) is 0 Å². The Morgan fingerprint density at radius 3 is 2.40 bits per heavy atom. The average molecular weight is 274 g/mol. The van der Waals surface area contributed by atoms with Crippen LogP contribution in [0.3, 0.4) is 0 Å². The largest absolute Gasteiger partial charge is 0.461 e. The van der Waals surface area contributed by atoms with E-state index in [0.29, 0.717) is 11.5 Å². The van der Waals surface area contributed by atoms with Gasteiger partial charge in [0.05, 0.1) is 6.42 Å². The number of rotatable bonds is 8. The van der Waals surface area contributed by atoms with Crippen LogP contribution in [0.4, 0.5) is 0 Å². The van der Waals surface area contributed by atoms with E-state index < -0.39 is 0 Å². The van der Waals surface area contributed by atoms with Crippen molar-refractivity contribution in [2.45, 2.75) is 33.1 Å². The second kappa shape index (κ2) is 8.31. The number of hydrogen-bond donors (Lipinski definition) is 0. The van der Waals surface area contributed by atoms with Crippen LogP contribution in [0.25, 0.3) is 0 Å². The molecule has 0 aliphatic heterocycles. The zero-order valence-corrected chi connectivity index (χ0v) is 12.2. The highest BCUT2D eigenvalue weighted by Crippen LogP contribution is 2.12. The minimum atomic E-state index is -0.366. The Bertz CT molecular complexity index is 458. The Kier molecular flexibility index (Phi) is 6.71. The molecule has 0 aromatic heterocycles. The molecule has 0 saturated carbocycles. The van der Waals surface area contributed by atoms with E-state index in [9.17, 15) is 9.59 Å². The lowest BCUT2D eigenvalue weighted by Crippen LogP contribution is -2.08. The minimum Gasteiger partial charge on any atom is -0.461 e. The fourth-order valence-electron chi connectivity index (χ4n) is 1.88. The number of hydrogen-bond acceptors (Lipinski definition) is 3. The van der Waals surface area contributed by atoms with Crippen molar-refractivity contribution in [2.75, 3.05) is 6.61 Å². The van der Waals surface area contributed by atoms with Crippen molar-refractivity contribution in [1.29, 1.82) is 0 Å². The second-order valence-corrected chi connectivity index (χ2v) is 5.19. The van der Waals surface area contributed by atoms with Gasteiger partial charge in [-0.2, -0.15) is 0 Å². The van der Waals surface area contributed by atoms with Crippen LogP contribution in [-0.4, -0.2) is 18.4 Å². The number of ketones is 1. The molecule has 108 valence electrons. The predicted octanol–water partition coefficient (Wildman–Crippen LogP) is 3.58. The summed E-state index contributed by atoms with van der Waals surface area (Å²) in [5, 5.41) is 0. The lowest BCUT2D eigenvalue weighted by molar-refractivity contribution is -0.142. The Hall–Kier alpha value is -1.90. The van der Waals surface area contributed by atoms with E-state index in [4.69, 9.17) is 4.74 Å². The van der Waals surface area contributed by atoms with Gasteiger partial charge in [-0.3, -0.25) is 9.59 Å². The molecule has 0 saturated heterocycles. The standard InChI is InChI=1S/C17H22O3/c1-4-11-20-17(19)10-9-16(18)15-7-5-14(6-8-15)12-13(2)3/h4-8,13H,1,9-12H2,2-3H3. The third kappa shape index (κ3) is 5.83. The van der Waals surface area contributed by atoms with Crippen LogP contribution in [0.5, 0.6) is 0 Å². The number of ether oxygens (including phenoxy) is 1.